The van der Waals surface area contributed by atoms with E-state index in [4.69, 9.17) is 9.47 Å². The maximum Gasteiger partial charge on any atom is 0.251 e. The smallest absolute Gasteiger partial charge is 0.251 e. The highest BCUT2D eigenvalue weighted by atomic mass is 16.5. The summed E-state index contributed by atoms with van der Waals surface area (Å²) < 4.78 is 10.3. The van der Waals surface area contributed by atoms with E-state index >= 15 is 0 Å². The summed E-state index contributed by atoms with van der Waals surface area (Å²) in [5, 5.41) is 5.47. The van der Waals surface area contributed by atoms with Gasteiger partial charge in [0.25, 0.3) is 5.91 Å². The largest absolute Gasteiger partial charge is 0.497 e. The predicted octanol–water partition coefficient (Wildman–Crippen LogP) is 2.46. The average molecular weight is 328 g/mol. The molecule has 0 atom stereocenters. The van der Waals surface area contributed by atoms with Crippen molar-refractivity contribution < 1.29 is 19.1 Å². The van der Waals surface area contributed by atoms with Gasteiger partial charge in [-0.2, -0.15) is 0 Å². The zero-order chi connectivity index (χ0) is 17.4. The third-order valence-corrected chi connectivity index (χ3v) is 3.35. The molecule has 0 radical (unpaired) electrons. The second-order valence-corrected chi connectivity index (χ2v) is 4.99. The Morgan fingerprint density at radius 2 is 1.79 bits per heavy atom. The standard InChI is InChI=1S/C18H20N2O4/c1-23-14-7-5-6-13(12-14)18(22)19-11-10-17(21)20-15-8-3-4-9-16(15)24-2/h3-9,12H,10-11H2,1-2H3,(H,19,22)(H,20,21). The SMILES string of the molecule is COc1cccc(C(=O)NCCC(=O)Nc2ccccc2OC)c1. The maximum absolute atomic E-state index is 12.0. The van der Waals surface area contributed by atoms with Gasteiger partial charge < -0.3 is 20.1 Å². The molecular weight excluding hydrogens is 308 g/mol. The van der Waals surface area contributed by atoms with Crippen LogP contribution in [0.1, 0.15) is 16.8 Å². The van der Waals surface area contributed by atoms with Gasteiger partial charge in [-0.15, -0.1) is 0 Å². The predicted molar refractivity (Wildman–Crippen MR) is 91.6 cm³/mol. The Balaban J connectivity index is 1.82. The molecule has 2 aromatic rings. The lowest BCUT2D eigenvalue weighted by Gasteiger charge is -2.10. The van der Waals surface area contributed by atoms with Gasteiger partial charge in [-0.1, -0.05) is 18.2 Å². The highest BCUT2D eigenvalue weighted by molar-refractivity contribution is 5.96. The second kappa shape index (κ2) is 8.57. The van der Waals surface area contributed by atoms with Gasteiger partial charge >= 0.3 is 0 Å². The van der Waals surface area contributed by atoms with Gasteiger partial charge in [0.15, 0.2) is 0 Å². The third kappa shape index (κ3) is 4.74. The van der Waals surface area contributed by atoms with E-state index in [2.05, 4.69) is 10.6 Å². The summed E-state index contributed by atoms with van der Waals surface area (Å²) in [5.74, 6) is 0.743. The van der Waals surface area contributed by atoms with Crippen LogP contribution < -0.4 is 20.1 Å². The lowest BCUT2D eigenvalue weighted by atomic mass is 10.2. The number of para-hydroxylation sites is 2. The third-order valence-electron chi connectivity index (χ3n) is 3.35. The van der Waals surface area contributed by atoms with E-state index in [9.17, 15) is 9.59 Å². The van der Waals surface area contributed by atoms with Crippen molar-refractivity contribution in [3.8, 4) is 11.5 Å². The van der Waals surface area contributed by atoms with Crippen LogP contribution in [0.25, 0.3) is 0 Å². The summed E-state index contributed by atoms with van der Waals surface area (Å²) >= 11 is 0. The highest BCUT2D eigenvalue weighted by Crippen LogP contribution is 2.22. The van der Waals surface area contributed by atoms with Crippen molar-refractivity contribution >= 4 is 17.5 Å². The first-order chi connectivity index (χ1) is 11.6. The molecule has 0 saturated heterocycles. The van der Waals surface area contributed by atoms with Crippen molar-refractivity contribution in [1.82, 2.24) is 5.32 Å². The number of carbonyl (C=O) groups is 2. The number of hydrogen-bond acceptors (Lipinski definition) is 4. The normalized spacial score (nSPS) is 9.92. The quantitative estimate of drug-likeness (QED) is 0.818. The number of amides is 2. The lowest BCUT2D eigenvalue weighted by molar-refractivity contribution is -0.116. The van der Waals surface area contributed by atoms with Crippen molar-refractivity contribution in [3.63, 3.8) is 0 Å². The zero-order valence-electron chi connectivity index (χ0n) is 13.7. The molecule has 2 amide bonds. The number of hydrogen-bond donors (Lipinski definition) is 2. The van der Waals surface area contributed by atoms with Crippen LogP contribution in [0.5, 0.6) is 11.5 Å². The molecule has 2 N–H and O–H groups in total. The van der Waals surface area contributed by atoms with Crippen molar-refractivity contribution in [2.45, 2.75) is 6.42 Å². The summed E-state index contributed by atoms with van der Waals surface area (Å²) in [6.45, 7) is 0.233. The summed E-state index contributed by atoms with van der Waals surface area (Å²) in [6.07, 6.45) is 0.160. The van der Waals surface area contributed by atoms with Gasteiger partial charge in [0.1, 0.15) is 11.5 Å². The molecule has 2 aromatic carbocycles. The van der Waals surface area contributed by atoms with Gasteiger partial charge in [-0.3, -0.25) is 9.59 Å². The minimum absolute atomic E-state index is 0.160. The number of nitrogens with one attached hydrogen (secondary N) is 2. The van der Waals surface area contributed by atoms with E-state index in [1.165, 1.54) is 0 Å². The molecule has 24 heavy (non-hydrogen) atoms. The summed E-state index contributed by atoms with van der Waals surface area (Å²) in [4.78, 5) is 24.0. The zero-order valence-corrected chi connectivity index (χ0v) is 13.7. The monoisotopic (exact) mass is 328 g/mol. The molecule has 126 valence electrons. The van der Waals surface area contributed by atoms with E-state index in [1.807, 2.05) is 12.1 Å². The Morgan fingerprint density at radius 1 is 1.00 bits per heavy atom. The molecule has 0 aliphatic carbocycles. The molecule has 0 fully saturated rings. The van der Waals surface area contributed by atoms with Gasteiger partial charge in [0, 0.05) is 18.5 Å². The molecule has 0 saturated carbocycles. The number of carbonyl (C=O) groups excluding carboxylic acids is 2. The van der Waals surface area contributed by atoms with Crippen LogP contribution >= 0.6 is 0 Å². The fraction of sp³-hybridized carbons (Fsp3) is 0.222. The molecule has 0 aromatic heterocycles. The highest BCUT2D eigenvalue weighted by Gasteiger charge is 2.09. The minimum atomic E-state index is -0.251. The average Bonchev–Trinajstić information content (AvgIpc) is 2.62. The Kier molecular flexibility index (Phi) is 6.19. The summed E-state index contributed by atoms with van der Waals surface area (Å²) in [6, 6.07) is 14.0. The molecule has 0 spiro atoms. The molecular formula is C18H20N2O4. The van der Waals surface area contributed by atoms with Crippen LogP contribution in [0.2, 0.25) is 0 Å². The molecule has 0 aliphatic rings. The van der Waals surface area contributed by atoms with Crippen LogP contribution in [0.3, 0.4) is 0 Å². The van der Waals surface area contributed by atoms with E-state index in [-0.39, 0.29) is 24.8 Å². The van der Waals surface area contributed by atoms with Gasteiger partial charge in [0.2, 0.25) is 5.91 Å². The molecule has 2 rings (SSSR count). The van der Waals surface area contributed by atoms with Crippen LogP contribution in [-0.2, 0) is 4.79 Å². The first-order valence-electron chi connectivity index (χ1n) is 7.49. The summed E-state index contributed by atoms with van der Waals surface area (Å²) in [5.41, 5.74) is 1.09. The second-order valence-electron chi connectivity index (χ2n) is 4.99. The van der Waals surface area contributed by atoms with E-state index in [1.54, 1.807) is 50.6 Å². The number of anilines is 1. The van der Waals surface area contributed by atoms with Crippen molar-refractivity contribution in [3.05, 3.63) is 54.1 Å². The van der Waals surface area contributed by atoms with Gasteiger partial charge in [-0.05, 0) is 30.3 Å². The Morgan fingerprint density at radius 3 is 2.54 bits per heavy atom. The number of benzene rings is 2. The van der Waals surface area contributed by atoms with Gasteiger partial charge in [0.05, 0.1) is 19.9 Å². The molecule has 0 bridgehead atoms. The number of methoxy groups -OCH3 is 2. The van der Waals surface area contributed by atoms with E-state index in [0.717, 1.165) is 0 Å². The maximum atomic E-state index is 12.0. The summed E-state index contributed by atoms with van der Waals surface area (Å²) in [7, 11) is 3.08. The van der Waals surface area contributed by atoms with Crippen LogP contribution in [-0.4, -0.2) is 32.6 Å². The fourth-order valence-electron chi connectivity index (χ4n) is 2.12. The van der Waals surface area contributed by atoms with E-state index < -0.39 is 0 Å². The van der Waals surface area contributed by atoms with Gasteiger partial charge in [-0.25, -0.2) is 0 Å². The topological polar surface area (TPSA) is 76.7 Å². The van der Waals surface area contributed by atoms with Crippen molar-refractivity contribution in [2.24, 2.45) is 0 Å². The minimum Gasteiger partial charge on any atom is -0.497 e. The van der Waals surface area contributed by atoms with Crippen LogP contribution in [0, 0.1) is 0 Å². The Labute approximate surface area is 140 Å². The fourth-order valence-corrected chi connectivity index (χ4v) is 2.12. The van der Waals surface area contributed by atoms with Crippen LogP contribution in [0.4, 0.5) is 5.69 Å². The Bertz CT molecular complexity index is 716. The first-order valence-corrected chi connectivity index (χ1v) is 7.49. The molecule has 6 nitrogen and oxygen atoms in total. The molecule has 0 aliphatic heterocycles. The van der Waals surface area contributed by atoms with E-state index in [0.29, 0.717) is 22.7 Å². The number of ether oxygens (including phenoxy) is 2. The molecule has 0 heterocycles. The first kappa shape index (κ1) is 17.3. The van der Waals surface area contributed by atoms with Crippen molar-refractivity contribution in [2.75, 3.05) is 26.1 Å². The molecule has 0 unspecified atom stereocenters. The lowest BCUT2D eigenvalue weighted by Crippen LogP contribution is -2.27. The molecule has 6 heteroatoms. The van der Waals surface area contributed by atoms with Crippen molar-refractivity contribution in [1.29, 1.82) is 0 Å². The number of rotatable bonds is 7. The van der Waals surface area contributed by atoms with Crippen LogP contribution in [0.15, 0.2) is 48.5 Å². The Hall–Kier alpha value is -3.02.